The van der Waals surface area contributed by atoms with Crippen LogP contribution in [0.15, 0.2) is 5.38 Å². The summed E-state index contributed by atoms with van der Waals surface area (Å²) in [5, 5.41) is 10.5. The minimum absolute atomic E-state index is 0.0292. The summed E-state index contributed by atoms with van der Waals surface area (Å²) >= 11 is 1.23. The number of hydrogen-bond acceptors (Lipinski definition) is 5. The molecule has 0 radical (unpaired) electrons. The van der Waals surface area contributed by atoms with E-state index in [0.29, 0.717) is 23.4 Å². The summed E-state index contributed by atoms with van der Waals surface area (Å²) in [6, 6.07) is 0. The molecule has 0 amide bonds. The maximum atomic E-state index is 12.1. The molecule has 2 rings (SSSR count). The Hall–Kier alpha value is -1.24. The quantitative estimate of drug-likeness (QED) is 0.832. The number of rotatable bonds is 5. The monoisotopic (exact) mass is 283 g/mol. The van der Waals surface area contributed by atoms with Crippen molar-refractivity contribution in [2.24, 2.45) is 0 Å². The SMILES string of the molecule is Cc1c(C(=O)O)csc1C(=O)CCN1CCOCC1. The van der Waals surface area contributed by atoms with Gasteiger partial charge in [-0.15, -0.1) is 11.3 Å². The number of aromatic carboxylic acids is 1. The van der Waals surface area contributed by atoms with Crippen LogP contribution in [0.3, 0.4) is 0 Å². The molecule has 1 aliphatic heterocycles. The topological polar surface area (TPSA) is 66.8 Å². The number of thiophene rings is 1. The van der Waals surface area contributed by atoms with Gasteiger partial charge in [-0.3, -0.25) is 9.69 Å². The van der Waals surface area contributed by atoms with Crippen molar-refractivity contribution in [3.63, 3.8) is 0 Å². The van der Waals surface area contributed by atoms with Gasteiger partial charge in [0.2, 0.25) is 0 Å². The largest absolute Gasteiger partial charge is 0.478 e. The molecule has 0 spiro atoms. The third-order valence-electron chi connectivity index (χ3n) is 3.28. The average molecular weight is 283 g/mol. The van der Waals surface area contributed by atoms with Crippen LogP contribution in [0.4, 0.5) is 0 Å². The van der Waals surface area contributed by atoms with E-state index >= 15 is 0 Å². The predicted molar refractivity (Wildman–Crippen MR) is 72.2 cm³/mol. The molecule has 1 fully saturated rings. The highest BCUT2D eigenvalue weighted by molar-refractivity contribution is 7.12. The van der Waals surface area contributed by atoms with Crippen molar-refractivity contribution < 1.29 is 19.4 Å². The number of carbonyl (C=O) groups is 2. The number of morpholine rings is 1. The summed E-state index contributed by atoms with van der Waals surface area (Å²) in [5.74, 6) is -0.942. The van der Waals surface area contributed by atoms with Gasteiger partial charge < -0.3 is 9.84 Å². The molecular weight excluding hydrogens is 266 g/mol. The molecule has 0 saturated carbocycles. The van der Waals surface area contributed by atoms with Crippen molar-refractivity contribution in [3.05, 3.63) is 21.4 Å². The zero-order valence-electron chi connectivity index (χ0n) is 10.8. The zero-order chi connectivity index (χ0) is 13.8. The Morgan fingerprint density at radius 2 is 2.11 bits per heavy atom. The summed E-state index contributed by atoms with van der Waals surface area (Å²) in [7, 11) is 0. The van der Waals surface area contributed by atoms with Crippen LogP contribution in [-0.4, -0.2) is 54.6 Å². The maximum Gasteiger partial charge on any atom is 0.336 e. The first kappa shape index (κ1) is 14.2. The molecule has 1 aliphatic rings. The number of carboxylic acids is 1. The van der Waals surface area contributed by atoms with Gasteiger partial charge in [0, 0.05) is 31.4 Å². The van der Waals surface area contributed by atoms with Crippen LogP contribution in [0.2, 0.25) is 0 Å². The number of Topliss-reactive ketones (excluding diaryl/α,β-unsaturated/α-hetero) is 1. The molecule has 0 bridgehead atoms. The number of ether oxygens (including phenoxy) is 1. The highest BCUT2D eigenvalue weighted by atomic mass is 32.1. The third-order valence-corrected chi connectivity index (χ3v) is 4.40. The van der Waals surface area contributed by atoms with Crippen molar-refractivity contribution in [2.45, 2.75) is 13.3 Å². The average Bonchev–Trinajstić information content (AvgIpc) is 2.79. The summed E-state index contributed by atoms with van der Waals surface area (Å²) in [5.41, 5.74) is 0.823. The molecule has 1 aromatic rings. The normalized spacial score (nSPS) is 16.5. The van der Waals surface area contributed by atoms with Gasteiger partial charge in [0.1, 0.15) is 0 Å². The Kier molecular flexibility index (Phi) is 4.68. The van der Waals surface area contributed by atoms with Gasteiger partial charge in [-0.25, -0.2) is 4.79 Å². The summed E-state index contributed by atoms with van der Waals surface area (Å²) in [6.45, 7) is 5.56. The number of nitrogens with zero attached hydrogens (tertiary/aromatic N) is 1. The highest BCUT2D eigenvalue weighted by Gasteiger charge is 2.19. The van der Waals surface area contributed by atoms with Crippen LogP contribution in [0, 0.1) is 6.92 Å². The van der Waals surface area contributed by atoms with Gasteiger partial charge in [-0.1, -0.05) is 0 Å². The molecule has 19 heavy (non-hydrogen) atoms. The number of ketones is 1. The standard InChI is InChI=1S/C13H17NO4S/c1-9-10(13(16)17)8-19-12(9)11(15)2-3-14-4-6-18-7-5-14/h8H,2-7H2,1H3,(H,16,17). The van der Waals surface area contributed by atoms with Crippen LogP contribution < -0.4 is 0 Å². The van der Waals surface area contributed by atoms with Crippen LogP contribution in [-0.2, 0) is 4.74 Å². The first-order valence-electron chi connectivity index (χ1n) is 6.24. The van der Waals surface area contributed by atoms with E-state index in [1.165, 1.54) is 11.3 Å². The van der Waals surface area contributed by atoms with E-state index < -0.39 is 5.97 Å². The van der Waals surface area contributed by atoms with E-state index in [1.54, 1.807) is 12.3 Å². The first-order valence-corrected chi connectivity index (χ1v) is 7.12. The van der Waals surface area contributed by atoms with E-state index in [4.69, 9.17) is 9.84 Å². The lowest BCUT2D eigenvalue weighted by Crippen LogP contribution is -2.37. The molecule has 104 valence electrons. The maximum absolute atomic E-state index is 12.1. The fourth-order valence-electron chi connectivity index (χ4n) is 2.10. The second-order valence-corrected chi connectivity index (χ2v) is 5.42. The minimum atomic E-state index is -0.971. The van der Waals surface area contributed by atoms with Gasteiger partial charge in [0.15, 0.2) is 5.78 Å². The van der Waals surface area contributed by atoms with Crippen LogP contribution in [0.5, 0.6) is 0 Å². The van der Waals surface area contributed by atoms with Crippen molar-refractivity contribution in [1.29, 1.82) is 0 Å². The van der Waals surface area contributed by atoms with Gasteiger partial charge in [-0.2, -0.15) is 0 Å². The predicted octanol–water partition coefficient (Wildman–Crippen LogP) is 1.66. The number of carboxylic acid groups (broad SMARTS) is 1. The Labute approximate surface area is 115 Å². The van der Waals surface area contributed by atoms with Gasteiger partial charge in [0.05, 0.1) is 23.7 Å². The minimum Gasteiger partial charge on any atom is -0.478 e. The van der Waals surface area contributed by atoms with E-state index in [0.717, 1.165) is 26.3 Å². The van der Waals surface area contributed by atoms with E-state index in [9.17, 15) is 9.59 Å². The molecule has 1 aromatic heterocycles. The number of carbonyl (C=O) groups excluding carboxylic acids is 1. The lowest BCUT2D eigenvalue weighted by atomic mass is 10.1. The van der Waals surface area contributed by atoms with E-state index in [-0.39, 0.29) is 11.3 Å². The molecule has 0 aromatic carbocycles. The summed E-state index contributed by atoms with van der Waals surface area (Å²) in [6.07, 6.45) is 0.431. The Bertz CT molecular complexity index is 477. The second kappa shape index (κ2) is 6.27. The molecule has 6 heteroatoms. The molecule has 1 saturated heterocycles. The Morgan fingerprint density at radius 3 is 2.68 bits per heavy atom. The molecular formula is C13H17NO4S. The van der Waals surface area contributed by atoms with Crippen molar-refractivity contribution in [1.82, 2.24) is 4.90 Å². The molecule has 5 nitrogen and oxygen atoms in total. The summed E-state index contributed by atoms with van der Waals surface area (Å²) in [4.78, 5) is 25.8. The second-order valence-electron chi connectivity index (χ2n) is 4.54. The zero-order valence-corrected chi connectivity index (χ0v) is 11.7. The van der Waals surface area contributed by atoms with Gasteiger partial charge in [0.25, 0.3) is 0 Å². The van der Waals surface area contributed by atoms with Crippen molar-refractivity contribution in [2.75, 3.05) is 32.8 Å². The van der Waals surface area contributed by atoms with Crippen LogP contribution in [0.1, 0.15) is 32.0 Å². The Morgan fingerprint density at radius 1 is 1.42 bits per heavy atom. The third kappa shape index (κ3) is 3.40. The smallest absolute Gasteiger partial charge is 0.336 e. The highest BCUT2D eigenvalue weighted by Crippen LogP contribution is 2.23. The fraction of sp³-hybridized carbons (Fsp3) is 0.538. The van der Waals surface area contributed by atoms with Crippen molar-refractivity contribution in [3.8, 4) is 0 Å². The van der Waals surface area contributed by atoms with E-state index in [1.807, 2.05) is 0 Å². The van der Waals surface area contributed by atoms with Crippen molar-refractivity contribution >= 4 is 23.1 Å². The first-order chi connectivity index (χ1) is 9.09. The summed E-state index contributed by atoms with van der Waals surface area (Å²) < 4.78 is 5.25. The fourth-order valence-corrected chi connectivity index (χ4v) is 3.13. The molecule has 0 unspecified atom stereocenters. The Balaban J connectivity index is 1.94. The number of hydrogen-bond donors (Lipinski definition) is 1. The lowest BCUT2D eigenvalue weighted by Gasteiger charge is -2.26. The lowest BCUT2D eigenvalue weighted by molar-refractivity contribution is 0.0370. The van der Waals surface area contributed by atoms with Crippen LogP contribution >= 0.6 is 11.3 Å². The van der Waals surface area contributed by atoms with E-state index in [2.05, 4.69) is 4.90 Å². The molecule has 2 heterocycles. The molecule has 0 aliphatic carbocycles. The molecule has 1 N–H and O–H groups in total. The van der Waals surface area contributed by atoms with Gasteiger partial charge in [-0.05, 0) is 12.5 Å². The molecule has 0 atom stereocenters. The van der Waals surface area contributed by atoms with Crippen LogP contribution in [0.25, 0.3) is 0 Å². The van der Waals surface area contributed by atoms with Gasteiger partial charge >= 0.3 is 5.97 Å².